The quantitative estimate of drug-likeness (QED) is 0.760. The van der Waals surface area contributed by atoms with Crippen LogP contribution in [0.2, 0.25) is 0 Å². The van der Waals surface area contributed by atoms with Crippen LogP contribution in [-0.4, -0.2) is 76.5 Å². The first-order valence-electron chi connectivity index (χ1n) is 9.19. The first kappa shape index (κ1) is 19.9. The Kier molecular flexibility index (Phi) is 6.23. The Balaban J connectivity index is 1.67. The summed E-state index contributed by atoms with van der Waals surface area (Å²) in [5, 5.41) is 3.33. The summed E-state index contributed by atoms with van der Waals surface area (Å²) in [7, 11) is -0.804. The molecule has 1 atom stereocenters. The van der Waals surface area contributed by atoms with E-state index in [1.165, 1.54) is 24.6 Å². The topological polar surface area (TPSA) is 88.2 Å². The molecule has 150 valence electrons. The highest BCUT2D eigenvalue weighted by Crippen LogP contribution is 2.31. The number of ether oxygens (including phenoxy) is 2. The van der Waals surface area contributed by atoms with Gasteiger partial charge in [0.25, 0.3) is 0 Å². The number of hydrogen-bond acceptors (Lipinski definition) is 6. The van der Waals surface area contributed by atoms with Crippen LogP contribution in [0.4, 0.5) is 0 Å². The fourth-order valence-electron chi connectivity index (χ4n) is 3.57. The Morgan fingerprint density at radius 3 is 2.52 bits per heavy atom. The number of benzene rings is 1. The van der Waals surface area contributed by atoms with Crippen LogP contribution in [0.3, 0.4) is 0 Å². The van der Waals surface area contributed by atoms with Gasteiger partial charge in [0.2, 0.25) is 15.9 Å². The SMILES string of the molecule is COc1ccc(OC)c(S(=O)(=O)N2CCN(C(=O)CC3CCCN3)CC2)c1. The van der Waals surface area contributed by atoms with Crippen LogP contribution >= 0.6 is 0 Å². The molecule has 1 amide bonds. The number of nitrogens with one attached hydrogen (secondary N) is 1. The van der Waals surface area contributed by atoms with Gasteiger partial charge in [-0.1, -0.05) is 0 Å². The van der Waals surface area contributed by atoms with E-state index in [4.69, 9.17) is 9.47 Å². The Labute approximate surface area is 160 Å². The predicted octanol–water partition coefficient (Wildman–Crippen LogP) is 0.679. The summed E-state index contributed by atoms with van der Waals surface area (Å²) in [5.41, 5.74) is 0. The fraction of sp³-hybridized carbons (Fsp3) is 0.611. The lowest BCUT2D eigenvalue weighted by Gasteiger charge is -2.34. The minimum atomic E-state index is -3.73. The lowest BCUT2D eigenvalue weighted by molar-refractivity contribution is -0.132. The molecule has 0 saturated carbocycles. The molecular formula is C18H27N3O5S. The number of piperazine rings is 1. The number of nitrogens with zero attached hydrogens (tertiary/aromatic N) is 2. The van der Waals surface area contributed by atoms with Crippen LogP contribution < -0.4 is 14.8 Å². The minimum absolute atomic E-state index is 0.0827. The molecule has 8 nitrogen and oxygen atoms in total. The lowest BCUT2D eigenvalue weighted by Crippen LogP contribution is -2.51. The van der Waals surface area contributed by atoms with Crippen molar-refractivity contribution in [2.24, 2.45) is 0 Å². The van der Waals surface area contributed by atoms with Crippen LogP contribution in [0.15, 0.2) is 23.1 Å². The number of hydrogen-bond donors (Lipinski definition) is 1. The average Bonchev–Trinajstić information content (AvgIpc) is 3.20. The third kappa shape index (κ3) is 4.36. The van der Waals surface area contributed by atoms with Crippen molar-refractivity contribution in [1.29, 1.82) is 0 Å². The summed E-state index contributed by atoms with van der Waals surface area (Å²) in [6.07, 6.45) is 2.61. The summed E-state index contributed by atoms with van der Waals surface area (Å²) >= 11 is 0. The van der Waals surface area contributed by atoms with Crippen molar-refractivity contribution < 1.29 is 22.7 Å². The molecule has 2 fully saturated rings. The summed E-state index contributed by atoms with van der Waals surface area (Å²) in [4.78, 5) is 14.3. The number of methoxy groups -OCH3 is 2. The van der Waals surface area contributed by atoms with Gasteiger partial charge < -0.3 is 19.7 Å². The second kappa shape index (κ2) is 8.45. The van der Waals surface area contributed by atoms with Gasteiger partial charge in [-0.15, -0.1) is 0 Å². The van der Waals surface area contributed by atoms with Crippen LogP contribution in [0.5, 0.6) is 11.5 Å². The van der Waals surface area contributed by atoms with E-state index < -0.39 is 10.0 Å². The van der Waals surface area contributed by atoms with E-state index in [2.05, 4.69) is 5.32 Å². The van der Waals surface area contributed by atoms with Crippen molar-refractivity contribution in [2.45, 2.75) is 30.2 Å². The van der Waals surface area contributed by atoms with Gasteiger partial charge in [-0.25, -0.2) is 8.42 Å². The van der Waals surface area contributed by atoms with Crippen molar-refractivity contribution in [3.8, 4) is 11.5 Å². The molecule has 0 bridgehead atoms. The number of rotatable bonds is 6. The maximum atomic E-state index is 13.1. The van der Waals surface area contributed by atoms with E-state index in [1.807, 2.05) is 0 Å². The highest BCUT2D eigenvalue weighted by Gasteiger charge is 2.33. The number of carbonyl (C=O) groups excluding carboxylic acids is 1. The Morgan fingerprint density at radius 2 is 1.93 bits per heavy atom. The second-order valence-electron chi connectivity index (χ2n) is 6.80. The molecule has 3 rings (SSSR count). The van der Waals surface area contributed by atoms with E-state index >= 15 is 0 Å². The third-order valence-electron chi connectivity index (χ3n) is 5.16. The van der Waals surface area contributed by atoms with Crippen molar-refractivity contribution >= 4 is 15.9 Å². The fourth-order valence-corrected chi connectivity index (χ4v) is 5.17. The van der Waals surface area contributed by atoms with E-state index in [-0.39, 0.29) is 35.7 Å². The number of sulfonamides is 1. The standard InChI is InChI=1S/C18H27N3O5S/c1-25-15-5-6-16(26-2)17(13-15)27(23,24)21-10-8-20(9-11-21)18(22)12-14-4-3-7-19-14/h5-6,13-14,19H,3-4,7-12H2,1-2H3. The van der Waals surface area contributed by atoms with E-state index in [1.54, 1.807) is 17.0 Å². The molecule has 1 aromatic rings. The van der Waals surface area contributed by atoms with Gasteiger partial charge >= 0.3 is 0 Å². The second-order valence-corrected chi connectivity index (χ2v) is 8.71. The molecule has 1 aromatic carbocycles. The number of amides is 1. The first-order chi connectivity index (χ1) is 13.0. The van der Waals surface area contributed by atoms with Gasteiger partial charge in [-0.3, -0.25) is 4.79 Å². The molecule has 9 heteroatoms. The molecule has 2 aliphatic heterocycles. The maximum Gasteiger partial charge on any atom is 0.247 e. The maximum absolute atomic E-state index is 13.1. The Hall–Kier alpha value is -1.84. The highest BCUT2D eigenvalue weighted by atomic mass is 32.2. The van der Waals surface area contributed by atoms with E-state index in [0.717, 1.165) is 19.4 Å². The van der Waals surface area contributed by atoms with Gasteiger partial charge in [0.05, 0.1) is 14.2 Å². The zero-order valence-corrected chi connectivity index (χ0v) is 16.6. The molecule has 2 saturated heterocycles. The van der Waals surface area contributed by atoms with Gasteiger partial charge in [-0.05, 0) is 31.5 Å². The summed E-state index contributed by atoms with van der Waals surface area (Å²) < 4.78 is 37.9. The molecule has 0 aliphatic carbocycles. The van der Waals surface area contributed by atoms with Gasteiger partial charge in [0, 0.05) is 44.7 Å². The van der Waals surface area contributed by atoms with Crippen molar-refractivity contribution in [1.82, 2.24) is 14.5 Å². The highest BCUT2D eigenvalue weighted by molar-refractivity contribution is 7.89. The zero-order chi connectivity index (χ0) is 19.4. The largest absolute Gasteiger partial charge is 0.497 e. The molecular weight excluding hydrogens is 370 g/mol. The molecule has 1 N–H and O–H groups in total. The van der Waals surface area contributed by atoms with Crippen LogP contribution in [-0.2, 0) is 14.8 Å². The van der Waals surface area contributed by atoms with Crippen LogP contribution in [0, 0.1) is 0 Å². The summed E-state index contributed by atoms with van der Waals surface area (Å²) in [5.74, 6) is 0.819. The lowest BCUT2D eigenvalue weighted by atomic mass is 10.1. The molecule has 27 heavy (non-hydrogen) atoms. The monoisotopic (exact) mass is 397 g/mol. The molecule has 0 spiro atoms. The zero-order valence-electron chi connectivity index (χ0n) is 15.8. The van der Waals surface area contributed by atoms with Crippen molar-refractivity contribution in [3.63, 3.8) is 0 Å². The molecule has 0 aromatic heterocycles. The molecule has 2 aliphatic rings. The molecule has 0 radical (unpaired) electrons. The smallest absolute Gasteiger partial charge is 0.247 e. The van der Waals surface area contributed by atoms with Crippen molar-refractivity contribution in [2.75, 3.05) is 46.9 Å². The number of carbonyl (C=O) groups is 1. The molecule has 2 heterocycles. The van der Waals surface area contributed by atoms with Gasteiger partial charge in [0.1, 0.15) is 16.4 Å². The Morgan fingerprint density at radius 1 is 1.19 bits per heavy atom. The van der Waals surface area contributed by atoms with Crippen LogP contribution in [0.1, 0.15) is 19.3 Å². The van der Waals surface area contributed by atoms with Crippen molar-refractivity contribution in [3.05, 3.63) is 18.2 Å². The normalized spacial score (nSPS) is 21.3. The van der Waals surface area contributed by atoms with Gasteiger partial charge in [-0.2, -0.15) is 4.31 Å². The Bertz CT molecular complexity index is 769. The van der Waals surface area contributed by atoms with Crippen LogP contribution in [0.25, 0.3) is 0 Å². The first-order valence-corrected chi connectivity index (χ1v) is 10.6. The van der Waals surface area contributed by atoms with Gasteiger partial charge in [0.15, 0.2) is 0 Å². The predicted molar refractivity (Wildman–Crippen MR) is 101 cm³/mol. The summed E-state index contributed by atoms with van der Waals surface area (Å²) in [6, 6.07) is 4.96. The van der Waals surface area contributed by atoms with E-state index in [9.17, 15) is 13.2 Å². The molecule has 1 unspecified atom stereocenters. The third-order valence-corrected chi connectivity index (χ3v) is 7.08. The van der Waals surface area contributed by atoms with E-state index in [0.29, 0.717) is 25.3 Å². The minimum Gasteiger partial charge on any atom is -0.497 e. The average molecular weight is 397 g/mol. The summed E-state index contributed by atoms with van der Waals surface area (Å²) in [6.45, 7) is 2.31.